The normalized spacial score (nSPS) is 19.5. The van der Waals surface area contributed by atoms with Crippen molar-refractivity contribution < 1.29 is 51.8 Å². The lowest BCUT2D eigenvalue weighted by atomic mass is 9.99. The summed E-state index contributed by atoms with van der Waals surface area (Å²) in [5.41, 5.74) is 0. The maximum atomic E-state index is 13.1. The van der Waals surface area contributed by atoms with Gasteiger partial charge in [-0.2, -0.15) is 8.42 Å². The number of unbranched alkanes of at least 4 members (excludes halogenated alkanes) is 41. The Morgan fingerprint density at radius 1 is 0.549 bits per heavy atom. The van der Waals surface area contributed by atoms with Crippen LogP contribution >= 0.6 is 0 Å². The van der Waals surface area contributed by atoms with E-state index in [9.17, 15) is 38.2 Å². The number of hydrogen-bond acceptors (Lipinski definition) is 10. The van der Waals surface area contributed by atoms with E-state index in [0.29, 0.717) is 6.42 Å². The van der Waals surface area contributed by atoms with Gasteiger partial charge in [-0.05, 0) is 19.3 Å². The van der Waals surface area contributed by atoms with Crippen molar-refractivity contribution in [3.8, 4) is 0 Å². The van der Waals surface area contributed by atoms with Gasteiger partial charge < -0.3 is 35.2 Å². The number of amides is 1. The topological polar surface area (TPSA) is 192 Å². The predicted octanol–water partition coefficient (Wildman–Crippen LogP) is 14.2. The number of aliphatic hydroxyl groups is 4. The number of ether oxygens (including phenoxy) is 2. The van der Waals surface area contributed by atoms with E-state index < -0.39 is 59.9 Å². The summed E-state index contributed by atoms with van der Waals surface area (Å²) in [5, 5.41) is 45.0. The molecule has 0 aromatic heterocycles. The highest BCUT2D eigenvalue weighted by atomic mass is 32.3. The minimum Gasteiger partial charge on any atom is -0.394 e. The third-order valence-electron chi connectivity index (χ3n) is 14.6. The van der Waals surface area contributed by atoms with Crippen molar-refractivity contribution in [2.24, 2.45) is 0 Å². The van der Waals surface area contributed by atoms with E-state index in [4.69, 9.17) is 9.47 Å². The van der Waals surface area contributed by atoms with E-state index in [0.717, 1.165) is 38.5 Å². The molecule has 0 aromatic carbocycles. The highest BCUT2D eigenvalue weighted by Crippen LogP contribution is 2.26. The zero-order valence-electron chi connectivity index (χ0n) is 45.8. The second-order valence-corrected chi connectivity index (χ2v) is 22.4. The molecule has 0 spiro atoms. The third kappa shape index (κ3) is 40.8. The molecule has 0 bridgehead atoms. The Kier molecular flexibility index (Phi) is 46.3. The van der Waals surface area contributed by atoms with Crippen LogP contribution in [-0.2, 0) is 28.9 Å². The maximum absolute atomic E-state index is 13.1. The average molecular weight is 1030 g/mol. The van der Waals surface area contributed by atoms with Crippen LogP contribution in [0.15, 0.2) is 12.2 Å². The molecule has 1 fully saturated rings. The Balaban J connectivity index is 2.35. The highest BCUT2D eigenvalue weighted by Gasteiger charge is 2.48. The zero-order valence-corrected chi connectivity index (χ0v) is 46.6. The van der Waals surface area contributed by atoms with Gasteiger partial charge >= 0.3 is 10.4 Å². The van der Waals surface area contributed by atoms with Crippen LogP contribution in [0.1, 0.15) is 296 Å². The molecule has 7 unspecified atom stereocenters. The molecule has 71 heavy (non-hydrogen) atoms. The molecule has 1 saturated heterocycles. The standard InChI is InChI=1S/C58H113NO11S/c1-3-5-7-9-11-13-15-17-19-21-23-25-26-27-28-29-31-33-35-37-39-41-43-45-47-52(61)51(50-68-58-56(64)57(70-71(65,66)67)55(63)53(49-60)69-58)59-54(62)48-46-44-42-40-38-36-34-32-30-24-22-20-18-16-14-12-10-8-6-4-2/h45,47,51-53,55-58,60-61,63-64H,3-44,46,48-50H2,1-2H3,(H,59,62)(H,65,66,67)/b47-45+. The Hall–Kier alpha value is -1.16. The summed E-state index contributed by atoms with van der Waals surface area (Å²) in [6.07, 6.45) is 49.7. The first-order valence-corrected chi connectivity index (χ1v) is 31.4. The average Bonchev–Trinajstić information content (AvgIpc) is 3.34. The number of carbonyl (C=O) groups excluding carboxylic acids is 1. The molecule has 0 aromatic rings. The summed E-state index contributed by atoms with van der Waals surface area (Å²) in [7, 11) is -5.09. The van der Waals surface area contributed by atoms with E-state index in [1.807, 2.05) is 6.08 Å². The van der Waals surface area contributed by atoms with Crippen molar-refractivity contribution in [2.75, 3.05) is 13.2 Å². The van der Waals surface area contributed by atoms with Gasteiger partial charge in [-0.3, -0.25) is 9.35 Å². The fraction of sp³-hybridized carbons (Fsp3) is 0.948. The fourth-order valence-electron chi connectivity index (χ4n) is 9.93. The van der Waals surface area contributed by atoms with E-state index in [-0.39, 0.29) is 18.9 Å². The van der Waals surface area contributed by atoms with Crippen molar-refractivity contribution >= 4 is 16.3 Å². The van der Waals surface area contributed by atoms with Crippen LogP contribution in [-0.4, -0.2) is 95.4 Å². The number of hydrogen-bond donors (Lipinski definition) is 6. The van der Waals surface area contributed by atoms with E-state index in [2.05, 4.69) is 23.3 Å². The Labute approximate surface area is 436 Å². The van der Waals surface area contributed by atoms with Crippen LogP contribution in [0.4, 0.5) is 0 Å². The Morgan fingerprint density at radius 3 is 1.23 bits per heavy atom. The molecule has 0 aliphatic carbocycles. The molecule has 1 rings (SSSR count). The predicted molar refractivity (Wildman–Crippen MR) is 292 cm³/mol. The van der Waals surface area contributed by atoms with Gasteiger partial charge in [-0.25, -0.2) is 4.18 Å². The lowest BCUT2D eigenvalue weighted by Crippen LogP contribution is -2.61. The lowest BCUT2D eigenvalue weighted by Gasteiger charge is -2.41. The van der Waals surface area contributed by atoms with Gasteiger partial charge in [0.2, 0.25) is 5.91 Å². The Morgan fingerprint density at radius 2 is 0.887 bits per heavy atom. The fourth-order valence-corrected chi connectivity index (χ4v) is 10.4. The van der Waals surface area contributed by atoms with Crippen LogP contribution in [0.25, 0.3) is 0 Å². The summed E-state index contributed by atoms with van der Waals surface area (Å²) in [5.74, 6) is -0.255. The molecule has 1 heterocycles. The summed E-state index contributed by atoms with van der Waals surface area (Å²) in [6, 6.07) is -0.940. The lowest BCUT2D eigenvalue weighted by molar-refractivity contribution is -0.298. The summed E-state index contributed by atoms with van der Waals surface area (Å²) in [6.45, 7) is 3.45. The minimum absolute atomic E-state index is 0.255. The van der Waals surface area contributed by atoms with Gasteiger partial charge in [0.1, 0.15) is 24.4 Å². The minimum atomic E-state index is -5.09. The summed E-state index contributed by atoms with van der Waals surface area (Å²) < 4.78 is 47.9. The number of aliphatic hydroxyl groups excluding tert-OH is 4. The first-order valence-electron chi connectivity index (χ1n) is 30.1. The van der Waals surface area contributed by atoms with Crippen LogP contribution in [0.5, 0.6) is 0 Å². The number of carbonyl (C=O) groups is 1. The van der Waals surface area contributed by atoms with Gasteiger partial charge in [0, 0.05) is 6.42 Å². The summed E-state index contributed by atoms with van der Waals surface area (Å²) >= 11 is 0. The Bertz CT molecular complexity index is 1310. The van der Waals surface area contributed by atoms with Crippen LogP contribution in [0.3, 0.4) is 0 Å². The van der Waals surface area contributed by atoms with Crippen molar-refractivity contribution in [2.45, 2.75) is 339 Å². The second kappa shape index (κ2) is 48.5. The molecular weight excluding hydrogens is 919 g/mol. The van der Waals surface area contributed by atoms with Gasteiger partial charge in [0.05, 0.1) is 25.4 Å². The van der Waals surface area contributed by atoms with Crippen molar-refractivity contribution in [1.29, 1.82) is 0 Å². The molecule has 422 valence electrons. The van der Waals surface area contributed by atoms with E-state index in [1.54, 1.807) is 6.08 Å². The molecule has 13 heteroatoms. The molecule has 0 saturated carbocycles. The zero-order chi connectivity index (χ0) is 51.9. The van der Waals surface area contributed by atoms with Gasteiger partial charge in [0.25, 0.3) is 0 Å². The van der Waals surface area contributed by atoms with E-state index >= 15 is 0 Å². The first kappa shape index (κ1) is 67.9. The third-order valence-corrected chi connectivity index (χ3v) is 15.0. The largest absolute Gasteiger partial charge is 0.397 e. The number of rotatable bonds is 53. The SMILES string of the molecule is CCCCCCCCCCCCCCCCCCCCCCCC/C=C/C(O)C(COC1OC(CO)C(O)C(OS(=O)(=O)O)C1O)NC(=O)CCCCCCCCCCCCCCCCCCCCCC. The smallest absolute Gasteiger partial charge is 0.394 e. The van der Waals surface area contributed by atoms with Crippen LogP contribution in [0, 0.1) is 0 Å². The molecule has 1 aliphatic rings. The van der Waals surface area contributed by atoms with Gasteiger partial charge in [-0.15, -0.1) is 0 Å². The summed E-state index contributed by atoms with van der Waals surface area (Å²) in [4.78, 5) is 13.1. The molecular formula is C58H113NO11S. The number of allylic oxidation sites excluding steroid dienone is 1. The van der Waals surface area contributed by atoms with Crippen LogP contribution in [0.2, 0.25) is 0 Å². The molecule has 6 N–H and O–H groups in total. The van der Waals surface area contributed by atoms with Gasteiger partial charge in [-0.1, -0.05) is 283 Å². The first-order chi connectivity index (χ1) is 34.5. The molecule has 1 aliphatic heterocycles. The quantitative estimate of drug-likeness (QED) is 0.0193. The monoisotopic (exact) mass is 1030 g/mol. The van der Waals surface area contributed by atoms with Gasteiger partial charge in [0.15, 0.2) is 6.29 Å². The number of nitrogens with one attached hydrogen (secondary N) is 1. The molecule has 1 amide bonds. The van der Waals surface area contributed by atoms with E-state index in [1.165, 1.54) is 231 Å². The molecule has 0 radical (unpaired) electrons. The second-order valence-electron chi connectivity index (χ2n) is 21.3. The molecule has 7 atom stereocenters. The van der Waals surface area contributed by atoms with Crippen LogP contribution < -0.4 is 5.32 Å². The highest BCUT2D eigenvalue weighted by molar-refractivity contribution is 7.80. The molecule has 12 nitrogen and oxygen atoms in total. The maximum Gasteiger partial charge on any atom is 0.397 e. The van der Waals surface area contributed by atoms with Crippen molar-refractivity contribution in [3.63, 3.8) is 0 Å². The van der Waals surface area contributed by atoms with Crippen molar-refractivity contribution in [1.82, 2.24) is 5.32 Å². The van der Waals surface area contributed by atoms with Crippen molar-refractivity contribution in [3.05, 3.63) is 12.2 Å².